The molecule has 0 saturated heterocycles. The maximum Gasteiger partial charge on any atom is 0.166 e. The zero-order valence-electron chi connectivity index (χ0n) is 11.1. The lowest BCUT2D eigenvalue weighted by Gasteiger charge is -2.05. The third-order valence-electron chi connectivity index (χ3n) is 2.15. The van der Waals surface area contributed by atoms with E-state index in [9.17, 15) is 0 Å². The zero-order chi connectivity index (χ0) is 13.5. The summed E-state index contributed by atoms with van der Waals surface area (Å²) in [6.45, 7) is 5.91. The number of nitrogens with zero attached hydrogens (tertiary/aromatic N) is 3. The van der Waals surface area contributed by atoms with Crippen LogP contribution in [0, 0.1) is 6.92 Å². The van der Waals surface area contributed by atoms with Crippen LogP contribution in [-0.4, -0.2) is 22.1 Å². The number of anilines is 1. The second-order valence-corrected chi connectivity index (χ2v) is 3.33. The third kappa shape index (κ3) is 3.16. The first-order valence-electron chi connectivity index (χ1n) is 5.80. The van der Waals surface area contributed by atoms with Crippen molar-refractivity contribution in [1.29, 1.82) is 0 Å². The molecule has 0 spiro atoms. The van der Waals surface area contributed by atoms with Crippen LogP contribution in [0.1, 0.15) is 19.5 Å². The second kappa shape index (κ2) is 6.54. The van der Waals surface area contributed by atoms with Gasteiger partial charge in [0.1, 0.15) is 0 Å². The summed E-state index contributed by atoms with van der Waals surface area (Å²) in [6, 6.07) is 3.61. The van der Waals surface area contributed by atoms with E-state index in [-0.39, 0.29) is 0 Å². The molecule has 0 aliphatic heterocycles. The topological polar surface area (TPSA) is 73.9 Å². The predicted octanol–water partition coefficient (Wildman–Crippen LogP) is 2.46. The van der Waals surface area contributed by atoms with Crippen molar-refractivity contribution in [2.75, 3.05) is 12.8 Å². The molecule has 0 saturated carbocycles. The van der Waals surface area contributed by atoms with Crippen LogP contribution in [0.15, 0.2) is 24.5 Å². The van der Waals surface area contributed by atoms with Crippen LogP contribution >= 0.6 is 0 Å². The summed E-state index contributed by atoms with van der Waals surface area (Å²) in [7, 11) is 1.55. The van der Waals surface area contributed by atoms with Crippen LogP contribution in [-0.2, 0) is 0 Å². The Labute approximate surface area is 107 Å². The standard InChI is InChI=1S/C11H12N4O.C2H6/c1-7-3-4-13-11(15-7)8-5-9(16-2)10(12)14-6-8;1-2/h3-6H,1-2H3,(H2,12,14);1-2H3. The molecule has 18 heavy (non-hydrogen) atoms. The Bertz CT molecular complexity index is 514. The molecular formula is C13H18N4O. The van der Waals surface area contributed by atoms with Crippen molar-refractivity contribution in [2.45, 2.75) is 20.8 Å². The van der Waals surface area contributed by atoms with Gasteiger partial charge in [-0.05, 0) is 19.1 Å². The number of rotatable bonds is 2. The van der Waals surface area contributed by atoms with Gasteiger partial charge in [-0.2, -0.15) is 0 Å². The van der Waals surface area contributed by atoms with Gasteiger partial charge in [0.05, 0.1) is 7.11 Å². The fraction of sp³-hybridized carbons (Fsp3) is 0.308. The Morgan fingerprint density at radius 2 is 1.94 bits per heavy atom. The van der Waals surface area contributed by atoms with Gasteiger partial charge >= 0.3 is 0 Å². The smallest absolute Gasteiger partial charge is 0.166 e. The van der Waals surface area contributed by atoms with E-state index < -0.39 is 0 Å². The summed E-state index contributed by atoms with van der Waals surface area (Å²) in [5.74, 6) is 1.51. The molecule has 2 aromatic rings. The predicted molar refractivity (Wildman–Crippen MR) is 72.3 cm³/mol. The Morgan fingerprint density at radius 1 is 1.22 bits per heavy atom. The van der Waals surface area contributed by atoms with Gasteiger partial charge in [-0.3, -0.25) is 0 Å². The molecule has 0 unspecified atom stereocenters. The fourth-order valence-electron chi connectivity index (χ4n) is 1.33. The SMILES string of the molecule is CC.COc1cc(-c2nccc(C)n2)cnc1N. The third-order valence-corrected chi connectivity index (χ3v) is 2.15. The van der Waals surface area contributed by atoms with Crippen molar-refractivity contribution in [3.63, 3.8) is 0 Å². The number of ether oxygens (including phenoxy) is 1. The molecule has 0 bridgehead atoms. The number of nitrogen functional groups attached to an aromatic ring is 1. The van der Waals surface area contributed by atoms with Crippen LogP contribution in [0.5, 0.6) is 5.75 Å². The molecule has 2 N–H and O–H groups in total. The number of methoxy groups -OCH3 is 1. The van der Waals surface area contributed by atoms with Crippen LogP contribution in [0.2, 0.25) is 0 Å². The minimum Gasteiger partial charge on any atom is -0.493 e. The molecule has 2 rings (SSSR count). The van der Waals surface area contributed by atoms with Crippen LogP contribution in [0.4, 0.5) is 5.82 Å². The van der Waals surface area contributed by atoms with Crippen molar-refractivity contribution < 1.29 is 4.74 Å². The second-order valence-electron chi connectivity index (χ2n) is 3.33. The number of pyridine rings is 1. The van der Waals surface area contributed by atoms with Gasteiger partial charge in [0.2, 0.25) is 0 Å². The summed E-state index contributed by atoms with van der Waals surface area (Å²) >= 11 is 0. The first-order chi connectivity index (χ1) is 8.70. The van der Waals surface area contributed by atoms with Crippen LogP contribution < -0.4 is 10.5 Å². The van der Waals surface area contributed by atoms with Crippen molar-refractivity contribution in [3.8, 4) is 17.1 Å². The lowest BCUT2D eigenvalue weighted by molar-refractivity contribution is 0.415. The number of nitrogens with two attached hydrogens (primary N) is 1. The van der Waals surface area contributed by atoms with E-state index >= 15 is 0 Å². The minimum absolute atomic E-state index is 0.360. The molecule has 0 aliphatic carbocycles. The van der Waals surface area contributed by atoms with Crippen molar-refractivity contribution in [2.24, 2.45) is 0 Å². The molecule has 5 heteroatoms. The van der Waals surface area contributed by atoms with Gasteiger partial charge in [0.15, 0.2) is 17.4 Å². The van der Waals surface area contributed by atoms with E-state index in [4.69, 9.17) is 10.5 Å². The number of aryl methyl sites for hydroxylation is 1. The van der Waals surface area contributed by atoms with Crippen molar-refractivity contribution in [3.05, 3.63) is 30.2 Å². The maximum absolute atomic E-state index is 5.63. The molecule has 0 fully saturated rings. The van der Waals surface area contributed by atoms with E-state index in [0.29, 0.717) is 17.4 Å². The molecule has 96 valence electrons. The molecular weight excluding hydrogens is 228 g/mol. The highest BCUT2D eigenvalue weighted by Crippen LogP contribution is 2.24. The van der Waals surface area contributed by atoms with Gasteiger partial charge in [0, 0.05) is 23.7 Å². The van der Waals surface area contributed by atoms with E-state index in [0.717, 1.165) is 11.3 Å². The first kappa shape index (κ1) is 13.9. The van der Waals surface area contributed by atoms with E-state index in [1.165, 1.54) is 0 Å². The molecule has 2 heterocycles. The van der Waals surface area contributed by atoms with Gasteiger partial charge in [-0.25, -0.2) is 15.0 Å². The van der Waals surface area contributed by atoms with Crippen LogP contribution in [0.3, 0.4) is 0 Å². The van der Waals surface area contributed by atoms with Gasteiger partial charge in [0.25, 0.3) is 0 Å². The summed E-state index contributed by atoms with van der Waals surface area (Å²) < 4.78 is 5.09. The lowest BCUT2D eigenvalue weighted by atomic mass is 10.2. The van der Waals surface area contributed by atoms with Gasteiger partial charge in [-0.15, -0.1) is 0 Å². The lowest BCUT2D eigenvalue weighted by Crippen LogP contribution is -1.97. The fourth-order valence-corrected chi connectivity index (χ4v) is 1.33. The number of hydrogen-bond donors (Lipinski definition) is 1. The molecule has 0 radical (unpaired) electrons. The highest BCUT2D eigenvalue weighted by atomic mass is 16.5. The highest BCUT2D eigenvalue weighted by molar-refractivity contribution is 5.61. The highest BCUT2D eigenvalue weighted by Gasteiger charge is 2.06. The first-order valence-corrected chi connectivity index (χ1v) is 5.80. The Morgan fingerprint density at radius 3 is 2.56 bits per heavy atom. The summed E-state index contributed by atoms with van der Waals surface area (Å²) in [6.07, 6.45) is 3.34. The number of hydrogen-bond acceptors (Lipinski definition) is 5. The Hall–Kier alpha value is -2.17. The van der Waals surface area contributed by atoms with Crippen LogP contribution in [0.25, 0.3) is 11.4 Å². The summed E-state index contributed by atoms with van der Waals surface area (Å²) in [4.78, 5) is 12.5. The van der Waals surface area contributed by atoms with Gasteiger partial charge in [-0.1, -0.05) is 13.8 Å². The van der Waals surface area contributed by atoms with Gasteiger partial charge < -0.3 is 10.5 Å². The Balaban J connectivity index is 0.000000771. The molecule has 5 nitrogen and oxygen atoms in total. The number of aromatic nitrogens is 3. The maximum atomic E-state index is 5.63. The van der Waals surface area contributed by atoms with E-state index in [1.54, 1.807) is 25.6 Å². The molecule has 2 aromatic heterocycles. The van der Waals surface area contributed by atoms with E-state index in [1.807, 2.05) is 26.8 Å². The summed E-state index contributed by atoms with van der Waals surface area (Å²) in [5.41, 5.74) is 7.32. The normalized spacial score (nSPS) is 9.33. The Kier molecular flexibility index (Phi) is 5.05. The zero-order valence-corrected chi connectivity index (χ0v) is 11.1. The average molecular weight is 246 g/mol. The van der Waals surface area contributed by atoms with E-state index in [2.05, 4.69) is 15.0 Å². The monoisotopic (exact) mass is 246 g/mol. The largest absolute Gasteiger partial charge is 0.493 e. The summed E-state index contributed by atoms with van der Waals surface area (Å²) in [5, 5.41) is 0. The van der Waals surface area contributed by atoms with Crippen molar-refractivity contribution in [1.82, 2.24) is 15.0 Å². The molecule has 0 aromatic carbocycles. The molecule has 0 amide bonds. The molecule has 0 atom stereocenters. The minimum atomic E-state index is 0.360. The quantitative estimate of drug-likeness (QED) is 0.881. The van der Waals surface area contributed by atoms with Crippen molar-refractivity contribution >= 4 is 5.82 Å². The molecule has 0 aliphatic rings. The average Bonchev–Trinajstić information content (AvgIpc) is 2.41.